The lowest BCUT2D eigenvalue weighted by molar-refractivity contribution is -0.148. The minimum Gasteiger partial charge on any atom is -0.481 e. The third-order valence-electron chi connectivity index (χ3n) is 4.67. The van der Waals surface area contributed by atoms with Crippen LogP contribution in [0.25, 0.3) is 0 Å². The number of imidazole rings is 1. The van der Waals surface area contributed by atoms with Gasteiger partial charge in [0.2, 0.25) is 10.0 Å². The van der Waals surface area contributed by atoms with Crippen molar-refractivity contribution in [2.75, 3.05) is 32.4 Å². The van der Waals surface area contributed by atoms with Crippen molar-refractivity contribution in [2.24, 2.45) is 11.3 Å². The van der Waals surface area contributed by atoms with Gasteiger partial charge in [-0.1, -0.05) is 0 Å². The van der Waals surface area contributed by atoms with Crippen LogP contribution in [-0.4, -0.2) is 71.1 Å². The summed E-state index contributed by atoms with van der Waals surface area (Å²) in [6.45, 7) is 3.71. The topological polar surface area (TPSA) is 107 Å². The standard InChI is InChI=1S/C13H20N4O4S/c1-9-3-14-11(15-9)6-16-4-10-5-17(22(2,20)21)8-13(10,7-16)12(18)19/h3,10H,4-8H2,1-2H3,(H,14,15)(H,18,19)/t10-,13-/m1/s1. The molecule has 2 N–H and O–H groups in total. The van der Waals surface area contributed by atoms with E-state index in [1.807, 2.05) is 11.8 Å². The molecule has 0 unspecified atom stereocenters. The number of sulfonamides is 1. The summed E-state index contributed by atoms with van der Waals surface area (Å²) in [6, 6.07) is 0. The Bertz CT molecular complexity index is 701. The second kappa shape index (κ2) is 5.04. The molecule has 3 rings (SSSR count). The Morgan fingerprint density at radius 3 is 2.73 bits per heavy atom. The minimum atomic E-state index is -3.36. The number of nitrogens with zero attached hydrogens (tertiary/aromatic N) is 3. The van der Waals surface area contributed by atoms with Crippen molar-refractivity contribution in [2.45, 2.75) is 13.5 Å². The van der Waals surface area contributed by atoms with Crippen LogP contribution in [0.3, 0.4) is 0 Å². The molecule has 0 aromatic carbocycles. The Morgan fingerprint density at radius 1 is 1.50 bits per heavy atom. The molecule has 2 aliphatic heterocycles. The smallest absolute Gasteiger partial charge is 0.312 e. The molecule has 0 amide bonds. The molecule has 2 aliphatic rings. The highest BCUT2D eigenvalue weighted by Gasteiger charge is 2.59. The molecule has 1 aromatic rings. The molecule has 2 saturated heterocycles. The van der Waals surface area contributed by atoms with Gasteiger partial charge in [0.15, 0.2) is 0 Å². The third-order valence-corrected chi connectivity index (χ3v) is 5.89. The van der Waals surface area contributed by atoms with Crippen LogP contribution < -0.4 is 0 Å². The SMILES string of the molecule is Cc1cnc(CN2C[C@@H]3CN(S(C)(=O)=O)C[C@]3(C(=O)O)C2)[nH]1. The molecule has 0 bridgehead atoms. The fourth-order valence-electron chi connectivity index (χ4n) is 3.56. The molecule has 0 aliphatic carbocycles. The molecule has 2 fully saturated rings. The van der Waals surface area contributed by atoms with Gasteiger partial charge in [0.05, 0.1) is 18.2 Å². The zero-order valence-electron chi connectivity index (χ0n) is 12.6. The number of carbonyl (C=O) groups is 1. The Morgan fingerprint density at radius 2 is 2.23 bits per heavy atom. The number of hydrogen-bond acceptors (Lipinski definition) is 5. The Kier molecular flexibility index (Phi) is 3.54. The number of carboxylic acid groups (broad SMARTS) is 1. The van der Waals surface area contributed by atoms with Crippen molar-refractivity contribution in [3.8, 4) is 0 Å². The van der Waals surface area contributed by atoms with Gasteiger partial charge >= 0.3 is 5.97 Å². The van der Waals surface area contributed by atoms with Crippen LogP contribution in [0.15, 0.2) is 6.20 Å². The quantitative estimate of drug-likeness (QED) is 0.771. The molecule has 3 heterocycles. The number of aliphatic carboxylic acids is 1. The van der Waals surface area contributed by atoms with Gasteiger partial charge in [0, 0.05) is 44.0 Å². The number of hydrogen-bond donors (Lipinski definition) is 2. The van der Waals surface area contributed by atoms with Gasteiger partial charge < -0.3 is 10.1 Å². The zero-order chi connectivity index (χ0) is 16.1. The second-order valence-electron chi connectivity index (χ2n) is 6.40. The molecule has 8 nitrogen and oxygen atoms in total. The zero-order valence-corrected chi connectivity index (χ0v) is 13.4. The number of aromatic nitrogens is 2. The van der Waals surface area contributed by atoms with E-state index < -0.39 is 21.4 Å². The number of H-pyrrole nitrogens is 1. The molecule has 1 aromatic heterocycles. The van der Waals surface area contributed by atoms with E-state index in [-0.39, 0.29) is 19.0 Å². The van der Waals surface area contributed by atoms with Gasteiger partial charge in [-0.15, -0.1) is 0 Å². The van der Waals surface area contributed by atoms with Gasteiger partial charge in [0.25, 0.3) is 0 Å². The molecule has 0 radical (unpaired) electrons. The first-order valence-electron chi connectivity index (χ1n) is 7.12. The summed E-state index contributed by atoms with van der Waals surface area (Å²) in [7, 11) is -3.36. The lowest BCUT2D eigenvalue weighted by Gasteiger charge is -2.24. The van der Waals surface area contributed by atoms with Crippen molar-refractivity contribution >= 4 is 16.0 Å². The largest absolute Gasteiger partial charge is 0.481 e. The molecular formula is C13H20N4O4S. The van der Waals surface area contributed by atoms with Crippen molar-refractivity contribution in [3.05, 3.63) is 17.7 Å². The summed E-state index contributed by atoms with van der Waals surface area (Å²) in [5, 5.41) is 9.67. The Labute approximate surface area is 129 Å². The van der Waals surface area contributed by atoms with Crippen molar-refractivity contribution < 1.29 is 18.3 Å². The Hall–Kier alpha value is -1.45. The molecular weight excluding hydrogens is 308 g/mol. The van der Waals surface area contributed by atoms with Crippen LogP contribution in [0.2, 0.25) is 0 Å². The van der Waals surface area contributed by atoms with E-state index in [4.69, 9.17) is 0 Å². The van der Waals surface area contributed by atoms with Crippen LogP contribution in [0.5, 0.6) is 0 Å². The Balaban J connectivity index is 1.78. The van der Waals surface area contributed by atoms with Gasteiger partial charge in [-0.3, -0.25) is 9.69 Å². The van der Waals surface area contributed by atoms with E-state index in [1.165, 1.54) is 4.31 Å². The average Bonchev–Trinajstić information content (AvgIpc) is 3.01. The number of rotatable bonds is 4. The number of carboxylic acids is 1. The van der Waals surface area contributed by atoms with Crippen molar-refractivity contribution in [1.82, 2.24) is 19.2 Å². The van der Waals surface area contributed by atoms with Gasteiger partial charge in [-0.2, -0.15) is 0 Å². The number of aromatic amines is 1. The predicted octanol–water partition coefficient (Wildman–Crippen LogP) is -0.504. The van der Waals surface area contributed by atoms with E-state index in [9.17, 15) is 18.3 Å². The number of aryl methyl sites for hydroxylation is 1. The highest BCUT2D eigenvalue weighted by Crippen LogP contribution is 2.43. The van der Waals surface area contributed by atoms with Crippen molar-refractivity contribution in [1.29, 1.82) is 0 Å². The lowest BCUT2D eigenvalue weighted by Crippen LogP contribution is -2.41. The highest BCUT2D eigenvalue weighted by molar-refractivity contribution is 7.88. The molecule has 2 atom stereocenters. The van der Waals surface area contributed by atoms with E-state index in [2.05, 4.69) is 9.97 Å². The lowest BCUT2D eigenvalue weighted by atomic mass is 9.81. The highest BCUT2D eigenvalue weighted by atomic mass is 32.2. The monoisotopic (exact) mass is 328 g/mol. The molecule has 22 heavy (non-hydrogen) atoms. The number of likely N-dealkylation sites (tertiary alicyclic amines) is 1. The third kappa shape index (κ3) is 2.53. The van der Waals surface area contributed by atoms with Crippen LogP contribution in [0, 0.1) is 18.3 Å². The van der Waals surface area contributed by atoms with Gasteiger partial charge in [-0.05, 0) is 6.92 Å². The summed E-state index contributed by atoms with van der Waals surface area (Å²) in [5.74, 6) is -0.296. The van der Waals surface area contributed by atoms with Crippen LogP contribution >= 0.6 is 0 Å². The molecule has 122 valence electrons. The normalized spacial score (nSPS) is 29.8. The first-order chi connectivity index (χ1) is 10.2. The minimum absolute atomic E-state index is 0.0551. The van der Waals surface area contributed by atoms with Crippen molar-refractivity contribution in [3.63, 3.8) is 0 Å². The summed E-state index contributed by atoms with van der Waals surface area (Å²) >= 11 is 0. The van der Waals surface area contributed by atoms with E-state index in [0.29, 0.717) is 19.6 Å². The number of nitrogens with one attached hydrogen (secondary N) is 1. The predicted molar refractivity (Wildman–Crippen MR) is 78.6 cm³/mol. The fourth-order valence-corrected chi connectivity index (χ4v) is 4.47. The maximum absolute atomic E-state index is 11.8. The van der Waals surface area contributed by atoms with E-state index >= 15 is 0 Å². The molecule has 0 saturated carbocycles. The summed E-state index contributed by atoms with van der Waals surface area (Å²) in [5.41, 5.74) is -0.0457. The fraction of sp³-hybridized carbons (Fsp3) is 0.692. The summed E-state index contributed by atoms with van der Waals surface area (Å²) in [6.07, 6.45) is 2.87. The van der Waals surface area contributed by atoms with Crippen LogP contribution in [0.1, 0.15) is 11.5 Å². The maximum atomic E-state index is 11.8. The van der Waals surface area contributed by atoms with E-state index in [0.717, 1.165) is 17.8 Å². The van der Waals surface area contributed by atoms with E-state index in [1.54, 1.807) is 6.20 Å². The summed E-state index contributed by atoms with van der Waals surface area (Å²) in [4.78, 5) is 21.2. The first kappa shape index (κ1) is 15.4. The van der Waals surface area contributed by atoms with Crippen LogP contribution in [-0.2, 0) is 21.4 Å². The maximum Gasteiger partial charge on any atom is 0.312 e. The number of fused-ring (bicyclic) bond motifs is 1. The second-order valence-corrected chi connectivity index (χ2v) is 8.38. The van der Waals surface area contributed by atoms with Gasteiger partial charge in [0.1, 0.15) is 5.82 Å². The first-order valence-corrected chi connectivity index (χ1v) is 8.97. The van der Waals surface area contributed by atoms with Gasteiger partial charge in [-0.25, -0.2) is 17.7 Å². The van der Waals surface area contributed by atoms with Crippen LogP contribution in [0.4, 0.5) is 0 Å². The average molecular weight is 328 g/mol. The summed E-state index contributed by atoms with van der Waals surface area (Å²) < 4.78 is 24.7. The molecule has 0 spiro atoms. The molecule has 9 heteroatoms.